The fourth-order valence-electron chi connectivity index (χ4n) is 3.14. The molecule has 1 aromatic carbocycles. The van der Waals surface area contributed by atoms with Crippen molar-refractivity contribution in [2.75, 3.05) is 0 Å². The Morgan fingerprint density at radius 2 is 1.85 bits per heavy atom. The molecule has 1 atom stereocenters. The van der Waals surface area contributed by atoms with Crippen molar-refractivity contribution in [3.63, 3.8) is 0 Å². The second-order valence-corrected chi connectivity index (χ2v) is 7.52. The van der Waals surface area contributed by atoms with E-state index in [1.54, 1.807) is 51.2 Å². The summed E-state index contributed by atoms with van der Waals surface area (Å²) >= 11 is 0. The number of pyridine rings is 1. The molecule has 0 spiro atoms. The minimum Gasteiger partial charge on any atom is -0.503 e. The van der Waals surface area contributed by atoms with Gasteiger partial charge < -0.3 is 10.0 Å². The van der Waals surface area contributed by atoms with Crippen molar-refractivity contribution >= 4 is 11.7 Å². The first-order valence-electron chi connectivity index (χ1n) is 8.65. The second kappa shape index (κ2) is 6.95. The van der Waals surface area contributed by atoms with Crippen molar-refractivity contribution in [3.05, 3.63) is 77.1 Å². The third-order valence-electron chi connectivity index (χ3n) is 4.49. The van der Waals surface area contributed by atoms with Crippen molar-refractivity contribution in [3.8, 4) is 0 Å². The summed E-state index contributed by atoms with van der Waals surface area (Å²) in [5, 5.41) is 10.5. The number of nitrogens with zero attached hydrogens (tertiary/aromatic N) is 2. The van der Waals surface area contributed by atoms with Gasteiger partial charge in [0, 0.05) is 17.2 Å². The zero-order valence-corrected chi connectivity index (χ0v) is 15.4. The van der Waals surface area contributed by atoms with E-state index in [-0.39, 0.29) is 17.7 Å². The molecule has 0 saturated heterocycles. The molecule has 0 radical (unpaired) electrons. The first-order valence-corrected chi connectivity index (χ1v) is 8.65. The third-order valence-corrected chi connectivity index (χ3v) is 4.49. The monoisotopic (exact) mass is 368 g/mol. The molecule has 0 fully saturated rings. The number of aromatic nitrogens is 1. The molecule has 0 aliphatic carbocycles. The van der Waals surface area contributed by atoms with Crippen LogP contribution in [0.5, 0.6) is 0 Å². The highest BCUT2D eigenvalue weighted by Crippen LogP contribution is 2.42. The maximum Gasteiger partial charge on any atom is 0.290 e. The fraction of sp³-hybridized carbons (Fsp3) is 0.286. The molecule has 1 amide bonds. The number of hydrogen-bond donors (Lipinski definition) is 1. The van der Waals surface area contributed by atoms with E-state index in [4.69, 9.17) is 0 Å². The zero-order valence-electron chi connectivity index (χ0n) is 15.4. The molecule has 6 heteroatoms. The van der Waals surface area contributed by atoms with Crippen molar-refractivity contribution in [1.82, 2.24) is 9.88 Å². The third kappa shape index (κ3) is 3.47. The highest BCUT2D eigenvalue weighted by molar-refractivity contribution is 6.10. The SMILES string of the molecule is CC(C)(C)C(=O)C1=C(O)C(=O)N(Cc2ccccn2)C1c1ccccc1F. The first-order chi connectivity index (χ1) is 12.7. The molecule has 1 aromatic heterocycles. The summed E-state index contributed by atoms with van der Waals surface area (Å²) in [5.74, 6) is -2.28. The smallest absolute Gasteiger partial charge is 0.290 e. The van der Waals surface area contributed by atoms with Gasteiger partial charge in [0.15, 0.2) is 11.5 Å². The Kier molecular flexibility index (Phi) is 4.83. The lowest BCUT2D eigenvalue weighted by atomic mass is 9.82. The lowest BCUT2D eigenvalue weighted by Crippen LogP contribution is -2.33. The number of Topliss-reactive ketones (excluding diaryl/α,β-unsaturated/α-hetero) is 1. The number of benzene rings is 1. The Labute approximate surface area is 157 Å². The van der Waals surface area contributed by atoms with Gasteiger partial charge in [-0.2, -0.15) is 0 Å². The van der Waals surface area contributed by atoms with E-state index in [1.165, 1.54) is 23.1 Å². The minimum atomic E-state index is -1.01. The van der Waals surface area contributed by atoms with Gasteiger partial charge in [-0.3, -0.25) is 14.6 Å². The maximum atomic E-state index is 14.6. The largest absolute Gasteiger partial charge is 0.503 e. The first kappa shape index (κ1) is 18.8. The maximum absolute atomic E-state index is 14.6. The van der Waals surface area contributed by atoms with Crippen LogP contribution in [-0.2, 0) is 16.1 Å². The summed E-state index contributed by atoms with van der Waals surface area (Å²) in [4.78, 5) is 31.2. The quantitative estimate of drug-likeness (QED) is 0.893. The van der Waals surface area contributed by atoms with Crippen LogP contribution >= 0.6 is 0 Å². The summed E-state index contributed by atoms with van der Waals surface area (Å²) in [6, 6.07) is 10.2. The minimum absolute atomic E-state index is 0.0453. The van der Waals surface area contributed by atoms with Crippen LogP contribution < -0.4 is 0 Å². The van der Waals surface area contributed by atoms with Crippen molar-refractivity contribution in [1.29, 1.82) is 0 Å². The molecule has 1 unspecified atom stereocenters. The number of hydrogen-bond acceptors (Lipinski definition) is 4. The van der Waals surface area contributed by atoms with Gasteiger partial charge in [-0.15, -0.1) is 0 Å². The molecule has 2 heterocycles. The molecule has 140 valence electrons. The van der Waals surface area contributed by atoms with Crippen molar-refractivity contribution in [2.24, 2.45) is 5.41 Å². The molecule has 1 N–H and O–H groups in total. The van der Waals surface area contributed by atoms with Crippen LogP contribution in [0.1, 0.15) is 38.1 Å². The Morgan fingerprint density at radius 1 is 1.19 bits per heavy atom. The standard InChI is InChI=1S/C21H21FN2O3/c1-21(2,3)19(26)16-17(14-9-4-5-10-15(14)22)24(20(27)18(16)25)12-13-8-6-7-11-23-13/h4-11,17,25H,12H2,1-3H3. The summed E-state index contributed by atoms with van der Waals surface area (Å²) in [6.07, 6.45) is 1.59. The predicted octanol–water partition coefficient (Wildman–Crippen LogP) is 3.73. The Bertz CT molecular complexity index is 917. The van der Waals surface area contributed by atoms with E-state index in [2.05, 4.69) is 4.98 Å². The van der Waals surface area contributed by atoms with E-state index in [1.807, 2.05) is 0 Å². The van der Waals surface area contributed by atoms with Crippen LogP contribution in [0.4, 0.5) is 4.39 Å². The molecule has 1 aliphatic heterocycles. The van der Waals surface area contributed by atoms with Gasteiger partial charge in [0.05, 0.1) is 23.9 Å². The molecule has 27 heavy (non-hydrogen) atoms. The number of rotatable bonds is 4. The molecule has 0 bridgehead atoms. The molecular formula is C21H21FN2O3. The zero-order chi connectivity index (χ0) is 19.8. The average Bonchev–Trinajstić information content (AvgIpc) is 2.86. The molecule has 5 nitrogen and oxygen atoms in total. The topological polar surface area (TPSA) is 70.5 Å². The van der Waals surface area contributed by atoms with E-state index in [0.717, 1.165) is 0 Å². The van der Waals surface area contributed by atoms with E-state index >= 15 is 0 Å². The van der Waals surface area contributed by atoms with Gasteiger partial charge in [0.2, 0.25) is 0 Å². The molecular weight excluding hydrogens is 347 g/mol. The van der Waals surface area contributed by atoms with E-state index < -0.39 is 34.7 Å². The number of amides is 1. The Morgan fingerprint density at radius 3 is 2.44 bits per heavy atom. The Balaban J connectivity index is 2.13. The van der Waals surface area contributed by atoms with Crippen molar-refractivity contribution in [2.45, 2.75) is 33.4 Å². The highest BCUT2D eigenvalue weighted by Gasteiger charge is 2.46. The lowest BCUT2D eigenvalue weighted by Gasteiger charge is -2.28. The molecule has 0 saturated carbocycles. The summed E-state index contributed by atoms with van der Waals surface area (Å²) < 4.78 is 14.6. The molecule has 1 aliphatic rings. The van der Waals surface area contributed by atoms with Crippen LogP contribution in [0.3, 0.4) is 0 Å². The number of carbonyl (C=O) groups excluding carboxylic acids is 2. The number of aliphatic hydroxyl groups excluding tert-OH is 1. The van der Waals surface area contributed by atoms with Gasteiger partial charge in [0.1, 0.15) is 5.82 Å². The van der Waals surface area contributed by atoms with E-state index in [0.29, 0.717) is 5.69 Å². The highest BCUT2D eigenvalue weighted by atomic mass is 19.1. The summed E-state index contributed by atoms with van der Waals surface area (Å²) in [6.45, 7) is 5.13. The van der Waals surface area contributed by atoms with Crippen LogP contribution in [0.2, 0.25) is 0 Å². The van der Waals surface area contributed by atoms with Gasteiger partial charge in [-0.25, -0.2) is 4.39 Å². The summed E-state index contributed by atoms with van der Waals surface area (Å²) in [5.41, 5.74) is -0.176. The fourth-order valence-corrected chi connectivity index (χ4v) is 3.14. The van der Waals surface area contributed by atoms with Gasteiger partial charge in [-0.1, -0.05) is 45.0 Å². The molecule has 3 rings (SSSR count). The van der Waals surface area contributed by atoms with Crippen molar-refractivity contribution < 1.29 is 19.1 Å². The number of ketones is 1. The molecule has 2 aromatic rings. The normalized spacial score (nSPS) is 17.6. The van der Waals surface area contributed by atoms with E-state index in [9.17, 15) is 19.1 Å². The Hall–Kier alpha value is -3.02. The predicted molar refractivity (Wildman–Crippen MR) is 98.0 cm³/mol. The van der Waals surface area contributed by atoms with Crippen LogP contribution in [0.25, 0.3) is 0 Å². The number of aliphatic hydroxyl groups is 1. The lowest BCUT2D eigenvalue weighted by molar-refractivity contribution is -0.130. The van der Waals surface area contributed by atoms with Crippen LogP contribution in [-0.4, -0.2) is 26.7 Å². The number of halogens is 1. The van der Waals surface area contributed by atoms with Crippen LogP contribution in [0, 0.1) is 11.2 Å². The second-order valence-electron chi connectivity index (χ2n) is 7.52. The van der Waals surface area contributed by atoms with Crippen LogP contribution in [0.15, 0.2) is 60.0 Å². The number of carbonyl (C=O) groups is 2. The van der Waals surface area contributed by atoms with Gasteiger partial charge in [-0.05, 0) is 18.2 Å². The van der Waals surface area contributed by atoms with Gasteiger partial charge >= 0.3 is 0 Å². The summed E-state index contributed by atoms with van der Waals surface area (Å²) in [7, 11) is 0. The average molecular weight is 368 g/mol. The van der Waals surface area contributed by atoms with Gasteiger partial charge in [0.25, 0.3) is 5.91 Å².